The number of terminal acetylenes is 1. The van der Waals surface area contributed by atoms with Gasteiger partial charge in [0.05, 0.1) is 12.2 Å². The number of rotatable bonds is 8. The van der Waals surface area contributed by atoms with Crippen molar-refractivity contribution in [2.45, 2.75) is 75.5 Å². The summed E-state index contributed by atoms with van der Waals surface area (Å²) in [4.78, 5) is 14.5. The van der Waals surface area contributed by atoms with E-state index >= 15 is 4.39 Å². The minimum absolute atomic E-state index is 0.0100. The van der Waals surface area contributed by atoms with E-state index in [0.717, 1.165) is 58.2 Å². The maximum Gasteiger partial charge on any atom is 0.319 e. The summed E-state index contributed by atoms with van der Waals surface area (Å²) < 4.78 is 38.3. The number of nitrogens with one attached hydrogen (secondary N) is 1. The zero-order valence-electron chi connectivity index (χ0n) is 27.5. The molecule has 0 radical (unpaired) electrons. The number of aliphatic hydroxyl groups excluding tert-OH is 1. The molecule has 254 valence electrons. The first-order valence-corrected chi connectivity index (χ1v) is 17.7. The number of halogens is 2. The average Bonchev–Trinajstić information content (AvgIpc) is 3.74. The van der Waals surface area contributed by atoms with Gasteiger partial charge in [0.15, 0.2) is 5.82 Å². The van der Waals surface area contributed by atoms with Crippen LogP contribution in [0.15, 0.2) is 36.4 Å². The molecule has 5 fully saturated rings. The van der Waals surface area contributed by atoms with Gasteiger partial charge < -0.3 is 25.2 Å². The van der Waals surface area contributed by atoms with E-state index in [4.69, 9.17) is 21.1 Å². The minimum Gasteiger partial charge on any atom is -0.508 e. The Hall–Kier alpha value is -4.04. The number of phenols is 1. The summed E-state index contributed by atoms with van der Waals surface area (Å²) in [5.41, 5.74) is 0.593. The molecular weight excluding hydrogens is 624 g/mol. The fourth-order valence-corrected chi connectivity index (χ4v) is 9.31. The van der Waals surface area contributed by atoms with Gasteiger partial charge >= 0.3 is 6.01 Å². The second-order valence-electron chi connectivity index (χ2n) is 15.2. The summed E-state index contributed by atoms with van der Waals surface area (Å²) >= 11 is 0. The van der Waals surface area contributed by atoms with E-state index < -0.39 is 11.6 Å². The number of aromatic hydroxyl groups is 1. The molecule has 0 amide bonds. The molecule has 4 atom stereocenters. The minimum atomic E-state index is -0.604. The van der Waals surface area contributed by atoms with Crippen LogP contribution in [0.3, 0.4) is 0 Å². The van der Waals surface area contributed by atoms with E-state index in [0.29, 0.717) is 64.2 Å². The molecule has 1 aliphatic carbocycles. The largest absolute Gasteiger partial charge is 0.508 e. The van der Waals surface area contributed by atoms with Crippen LogP contribution in [0.4, 0.5) is 14.6 Å². The van der Waals surface area contributed by atoms with Crippen molar-refractivity contribution in [2.75, 3.05) is 37.7 Å². The number of hydrogen-bond acceptors (Lipinski definition) is 8. The molecule has 3 aromatic carbocycles. The van der Waals surface area contributed by atoms with Crippen molar-refractivity contribution in [1.82, 2.24) is 20.2 Å². The number of ether oxygens (including phenoxy) is 1. The van der Waals surface area contributed by atoms with Crippen LogP contribution >= 0.6 is 0 Å². The molecular formula is C39H41F2N5O3. The Morgan fingerprint density at radius 3 is 2.43 bits per heavy atom. The number of piperidine rings is 1. The van der Waals surface area contributed by atoms with Crippen LogP contribution in [0.5, 0.6) is 11.8 Å². The molecule has 1 aromatic heterocycles. The normalized spacial score (nSPS) is 27.1. The average molecular weight is 666 g/mol. The number of aliphatic hydroxyl groups is 1. The highest BCUT2D eigenvalue weighted by atomic mass is 19.1. The highest BCUT2D eigenvalue weighted by molar-refractivity contribution is 6.04. The zero-order chi connectivity index (χ0) is 33.4. The molecule has 4 saturated heterocycles. The number of aromatic nitrogens is 2. The smallest absolute Gasteiger partial charge is 0.319 e. The molecule has 49 heavy (non-hydrogen) atoms. The molecule has 4 aliphatic heterocycles. The molecule has 9 rings (SSSR count). The number of piperazine rings is 1. The van der Waals surface area contributed by atoms with Gasteiger partial charge in [-0.15, -0.1) is 6.42 Å². The molecule has 5 heterocycles. The summed E-state index contributed by atoms with van der Waals surface area (Å²) in [5, 5.41) is 25.5. The highest BCUT2D eigenvalue weighted by Gasteiger charge is 2.50. The second-order valence-corrected chi connectivity index (χ2v) is 15.2. The predicted octanol–water partition coefficient (Wildman–Crippen LogP) is 5.75. The molecule has 5 aliphatic rings. The van der Waals surface area contributed by atoms with Gasteiger partial charge in [0.2, 0.25) is 0 Å². The Morgan fingerprint density at radius 1 is 0.980 bits per heavy atom. The van der Waals surface area contributed by atoms with Crippen molar-refractivity contribution in [3.8, 4) is 35.2 Å². The lowest BCUT2D eigenvalue weighted by atomic mass is 9.90. The van der Waals surface area contributed by atoms with Crippen molar-refractivity contribution < 1.29 is 23.7 Å². The first-order chi connectivity index (χ1) is 23.8. The standard InChI is InChI=1S/C39H41F2N5O3/c1-2-29-33(40)10-3-23-15-28(48)16-32(34(23)29)30-8-9-31-36(35(30)41)43-38(44-37(31)45-17-24-4-5-25(18-45)42-24)49-21-39(11-12-39)20-46-26-6-7-27(46)14-22(13-26)19-47/h1,3,8-10,15-16,22,24-27,42,47-48H,4-7,11-14,17-21H2. The van der Waals surface area contributed by atoms with Gasteiger partial charge in [0.25, 0.3) is 0 Å². The third-order valence-electron chi connectivity index (χ3n) is 12.0. The topological polar surface area (TPSA) is 94.0 Å². The molecule has 10 heteroatoms. The summed E-state index contributed by atoms with van der Waals surface area (Å²) in [6.45, 7) is 3.19. The number of anilines is 1. The number of nitrogens with zero attached hydrogens (tertiary/aromatic N) is 4. The van der Waals surface area contributed by atoms with Crippen LogP contribution in [-0.4, -0.2) is 82.1 Å². The van der Waals surface area contributed by atoms with Crippen molar-refractivity contribution in [1.29, 1.82) is 0 Å². The van der Waals surface area contributed by atoms with Gasteiger partial charge in [-0.05, 0) is 92.5 Å². The predicted molar refractivity (Wildman–Crippen MR) is 185 cm³/mol. The van der Waals surface area contributed by atoms with Gasteiger partial charge in [-0.3, -0.25) is 4.90 Å². The number of hydrogen-bond donors (Lipinski definition) is 3. The van der Waals surface area contributed by atoms with Crippen molar-refractivity contribution in [3.63, 3.8) is 0 Å². The maximum atomic E-state index is 17.0. The maximum absolute atomic E-state index is 17.0. The van der Waals surface area contributed by atoms with E-state index in [1.807, 2.05) is 6.07 Å². The summed E-state index contributed by atoms with van der Waals surface area (Å²) in [6.07, 6.45) is 14.5. The molecule has 4 bridgehead atoms. The molecule has 4 aromatic rings. The Balaban J connectivity index is 1.09. The van der Waals surface area contributed by atoms with Gasteiger partial charge in [0.1, 0.15) is 22.9 Å². The van der Waals surface area contributed by atoms with Crippen LogP contribution in [0.2, 0.25) is 0 Å². The Morgan fingerprint density at radius 2 is 1.73 bits per heavy atom. The number of fused-ring (bicyclic) bond motifs is 6. The van der Waals surface area contributed by atoms with E-state index in [2.05, 4.69) is 21.0 Å². The summed E-state index contributed by atoms with van der Waals surface area (Å²) in [6, 6.07) is 11.0. The van der Waals surface area contributed by atoms with E-state index in [1.165, 1.54) is 37.1 Å². The van der Waals surface area contributed by atoms with Gasteiger partial charge in [-0.2, -0.15) is 9.97 Å². The highest BCUT2D eigenvalue weighted by Crippen LogP contribution is 2.50. The second kappa shape index (κ2) is 11.8. The lowest BCUT2D eigenvalue weighted by Crippen LogP contribution is -2.51. The molecule has 4 unspecified atom stereocenters. The SMILES string of the molecule is C#Cc1c(F)ccc2cc(O)cc(-c3ccc4c(N5CC6CCC(C5)N6)nc(OCC5(CN6C7CCC6CC(CO)C7)CC5)nc4c3F)c12. The molecule has 0 spiro atoms. The zero-order valence-corrected chi connectivity index (χ0v) is 27.5. The molecule has 8 nitrogen and oxygen atoms in total. The van der Waals surface area contributed by atoms with Crippen molar-refractivity contribution >= 4 is 27.5 Å². The third kappa shape index (κ3) is 5.38. The summed E-state index contributed by atoms with van der Waals surface area (Å²) in [5.74, 6) is 2.21. The lowest BCUT2D eigenvalue weighted by Gasteiger charge is -2.40. The number of benzene rings is 3. The Labute approximate surface area is 284 Å². The first kappa shape index (κ1) is 31.0. The lowest BCUT2D eigenvalue weighted by molar-refractivity contribution is 0.0474. The van der Waals surface area contributed by atoms with Gasteiger partial charge in [-0.25, -0.2) is 8.78 Å². The van der Waals surface area contributed by atoms with Crippen molar-refractivity contribution in [3.05, 3.63) is 53.6 Å². The first-order valence-electron chi connectivity index (χ1n) is 17.7. The van der Waals surface area contributed by atoms with Crippen LogP contribution in [-0.2, 0) is 0 Å². The van der Waals surface area contributed by atoms with Gasteiger partial charge in [0, 0.05) is 72.2 Å². The number of phenolic OH excluding ortho intramolecular Hbond substituents is 1. The molecule has 1 saturated carbocycles. The quantitative estimate of drug-likeness (QED) is 0.205. The van der Waals surface area contributed by atoms with Crippen LogP contribution in [0.1, 0.15) is 56.9 Å². The van der Waals surface area contributed by atoms with Crippen LogP contribution in [0, 0.1) is 35.3 Å². The Kier molecular flexibility index (Phi) is 7.45. The fraction of sp³-hybridized carbons (Fsp3) is 0.487. The monoisotopic (exact) mass is 665 g/mol. The summed E-state index contributed by atoms with van der Waals surface area (Å²) in [7, 11) is 0. The Bertz CT molecular complexity index is 1990. The fourth-order valence-electron chi connectivity index (χ4n) is 9.31. The van der Waals surface area contributed by atoms with E-state index in [-0.39, 0.29) is 40.4 Å². The van der Waals surface area contributed by atoms with Gasteiger partial charge in [-0.1, -0.05) is 18.1 Å². The van der Waals surface area contributed by atoms with E-state index in [1.54, 1.807) is 6.07 Å². The third-order valence-corrected chi connectivity index (χ3v) is 12.0. The van der Waals surface area contributed by atoms with Crippen molar-refractivity contribution in [2.24, 2.45) is 11.3 Å². The van der Waals surface area contributed by atoms with Crippen LogP contribution in [0.25, 0.3) is 32.8 Å². The van der Waals surface area contributed by atoms with Crippen LogP contribution < -0.4 is 15.0 Å². The molecule has 3 N–H and O–H groups in total. The van der Waals surface area contributed by atoms with E-state index in [9.17, 15) is 14.6 Å².